The van der Waals surface area contributed by atoms with E-state index in [1.807, 2.05) is 54.6 Å². The number of primary sulfonamides is 1. The zero-order chi connectivity index (χ0) is 16.4. The number of sulfonamides is 1. The molecule has 2 aromatic rings. The fourth-order valence-electron chi connectivity index (χ4n) is 2.87. The minimum Gasteiger partial charge on any atom is -0.311 e. The molecular weight excluding hydrogens is 312 g/mol. The first-order valence-corrected chi connectivity index (χ1v) is 9.00. The Kier molecular flexibility index (Phi) is 4.19. The molecule has 1 fully saturated rings. The maximum absolute atomic E-state index is 12.2. The van der Waals surface area contributed by atoms with Gasteiger partial charge in [0.1, 0.15) is 5.25 Å². The zero-order valence-corrected chi connectivity index (χ0v) is 13.4. The smallest absolute Gasteiger partial charge is 0.228 e. The quantitative estimate of drug-likeness (QED) is 0.926. The van der Waals surface area contributed by atoms with Crippen LogP contribution in [0.25, 0.3) is 0 Å². The monoisotopic (exact) mass is 330 g/mol. The third-order valence-corrected chi connectivity index (χ3v) is 5.32. The van der Waals surface area contributed by atoms with Crippen molar-refractivity contribution < 1.29 is 13.2 Å². The minimum absolute atomic E-state index is 0.0570. The van der Waals surface area contributed by atoms with Crippen LogP contribution >= 0.6 is 0 Å². The van der Waals surface area contributed by atoms with E-state index in [2.05, 4.69) is 0 Å². The number of carbonyl (C=O) groups excluding carboxylic acids is 1. The number of carbonyl (C=O) groups is 1. The number of hydrogen-bond acceptors (Lipinski definition) is 3. The molecule has 6 heteroatoms. The van der Waals surface area contributed by atoms with Crippen molar-refractivity contribution in [3.05, 3.63) is 65.7 Å². The summed E-state index contributed by atoms with van der Waals surface area (Å²) in [4.78, 5) is 13.8. The number of nitrogens with two attached hydrogens (primary N) is 1. The lowest BCUT2D eigenvalue weighted by Gasteiger charge is -2.20. The van der Waals surface area contributed by atoms with Crippen molar-refractivity contribution in [1.29, 1.82) is 0 Å². The predicted molar refractivity (Wildman–Crippen MR) is 89.6 cm³/mol. The fourth-order valence-corrected chi connectivity index (χ4v) is 3.60. The molecule has 2 aromatic carbocycles. The van der Waals surface area contributed by atoms with Gasteiger partial charge in [0.15, 0.2) is 0 Å². The van der Waals surface area contributed by atoms with E-state index in [1.165, 1.54) is 4.90 Å². The van der Waals surface area contributed by atoms with Gasteiger partial charge in [0.05, 0.1) is 0 Å². The lowest BCUT2D eigenvalue weighted by atomic mass is 10.0. The Labute approximate surface area is 135 Å². The van der Waals surface area contributed by atoms with Crippen molar-refractivity contribution in [2.24, 2.45) is 5.14 Å². The van der Waals surface area contributed by atoms with Crippen LogP contribution in [0.3, 0.4) is 0 Å². The molecule has 2 N–H and O–H groups in total. The van der Waals surface area contributed by atoms with Crippen LogP contribution < -0.4 is 10.0 Å². The molecule has 1 aliphatic rings. The van der Waals surface area contributed by atoms with E-state index < -0.39 is 15.3 Å². The molecule has 0 spiro atoms. The molecule has 120 valence electrons. The van der Waals surface area contributed by atoms with Crippen molar-refractivity contribution in [1.82, 2.24) is 0 Å². The summed E-state index contributed by atoms with van der Waals surface area (Å²) in [6, 6.07) is 17.5. The first kappa shape index (κ1) is 15.7. The summed E-state index contributed by atoms with van der Waals surface area (Å²) in [6.07, 6.45) is 0.624. The molecule has 0 radical (unpaired) electrons. The van der Waals surface area contributed by atoms with Crippen LogP contribution in [0.2, 0.25) is 0 Å². The molecule has 0 bridgehead atoms. The largest absolute Gasteiger partial charge is 0.311 e. The molecule has 1 aliphatic heterocycles. The second-order valence-corrected chi connectivity index (χ2v) is 7.56. The maximum Gasteiger partial charge on any atom is 0.228 e. The third-order valence-electron chi connectivity index (χ3n) is 4.07. The third kappa shape index (κ3) is 3.43. The van der Waals surface area contributed by atoms with Gasteiger partial charge in [-0.3, -0.25) is 4.79 Å². The average Bonchev–Trinajstić information content (AvgIpc) is 2.91. The summed E-state index contributed by atoms with van der Waals surface area (Å²) in [5.74, 6) is -0.204. The molecule has 1 saturated heterocycles. The molecule has 1 amide bonds. The van der Waals surface area contributed by atoms with Gasteiger partial charge in [-0.25, -0.2) is 13.6 Å². The van der Waals surface area contributed by atoms with Gasteiger partial charge in [-0.1, -0.05) is 48.5 Å². The van der Waals surface area contributed by atoms with Crippen LogP contribution in [-0.4, -0.2) is 26.1 Å². The number of para-hydroxylation sites is 1. The lowest BCUT2D eigenvalue weighted by molar-refractivity contribution is -0.117. The zero-order valence-electron chi connectivity index (χ0n) is 12.6. The van der Waals surface area contributed by atoms with E-state index >= 15 is 0 Å². The normalized spacial score (nSPS) is 18.4. The molecule has 0 aliphatic carbocycles. The number of benzene rings is 2. The van der Waals surface area contributed by atoms with Crippen LogP contribution in [0.15, 0.2) is 54.6 Å². The molecule has 0 saturated carbocycles. The van der Waals surface area contributed by atoms with Crippen molar-refractivity contribution in [2.45, 2.75) is 18.1 Å². The molecule has 1 unspecified atom stereocenters. The Hall–Kier alpha value is -2.18. The van der Waals surface area contributed by atoms with E-state index in [1.54, 1.807) is 0 Å². The van der Waals surface area contributed by atoms with Crippen LogP contribution in [0.4, 0.5) is 5.69 Å². The topological polar surface area (TPSA) is 80.5 Å². The van der Waals surface area contributed by atoms with Gasteiger partial charge >= 0.3 is 0 Å². The Bertz CT molecular complexity index is 819. The van der Waals surface area contributed by atoms with Crippen LogP contribution in [-0.2, 0) is 21.2 Å². The van der Waals surface area contributed by atoms with Crippen LogP contribution in [0.1, 0.15) is 17.5 Å². The second-order valence-electron chi connectivity index (χ2n) is 5.71. The summed E-state index contributed by atoms with van der Waals surface area (Å²) in [7, 11) is -3.71. The molecular formula is C17H18N2O3S. The summed E-state index contributed by atoms with van der Waals surface area (Å²) in [6.45, 7) is 0.115. The number of amides is 1. The predicted octanol–water partition coefficient (Wildman–Crippen LogP) is 1.67. The summed E-state index contributed by atoms with van der Waals surface area (Å²) in [5, 5.41) is 4.36. The number of anilines is 1. The van der Waals surface area contributed by atoms with Crippen molar-refractivity contribution >= 4 is 21.6 Å². The van der Waals surface area contributed by atoms with Gasteiger partial charge in [-0.15, -0.1) is 0 Å². The van der Waals surface area contributed by atoms with E-state index in [4.69, 9.17) is 5.14 Å². The molecule has 1 atom stereocenters. The highest BCUT2D eigenvalue weighted by Crippen LogP contribution is 2.28. The van der Waals surface area contributed by atoms with E-state index in [0.717, 1.165) is 16.8 Å². The SMILES string of the molecule is NS(=O)(=O)C1CC(=O)N(c2ccccc2Cc2ccccc2)C1. The van der Waals surface area contributed by atoms with E-state index in [-0.39, 0.29) is 18.9 Å². The standard InChI is InChI=1S/C17H18N2O3S/c18-23(21,22)15-11-17(20)19(12-15)16-9-5-4-8-14(16)10-13-6-2-1-3-7-13/h1-9,15H,10-12H2,(H2,18,21,22). The Morgan fingerprint density at radius 3 is 2.35 bits per heavy atom. The van der Waals surface area contributed by atoms with Crippen LogP contribution in [0.5, 0.6) is 0 Å². The summed E-state index contributed by atoms with van der Waals surface area (Å²) in [5.41, 5.74) is 2.88. The van der Waals surface area contributed by atoms with Gasteiger partial charge in [0.2, 0.25) is 15.9 Å². The number of nitrogens with zero attached hydrogens (tertiary/aromatic N) is 1. The average molecular weight is 330 g/mol. The van der Waals surface area contributed by atoms with Crippen LogP contribution in [0, 0.1) is 0 Å². The van der Waals surface area contributed by atoms with E-state index in [0.29, 0.717) is 6.42 Å². The Balaban J connectivity index is 1.90. The maximum atomic E-state index is 12.2. The van der Waals surface area contributed by atoms with Crippen molar-refractivity contribution in [3.63, 3.8) is 0 Å². The van der Waals surface area contributed by atoms with Gasteiger partial charge in [0.25, 0.3) is 0 Å². The van der Waals surface area contributed by atoms with Gasteiger partial charge < -0.3 is 4.90 Å². The first-order valence-electron chi connectivity index (χ1n) is 7.39. The van der Waals surface area contributed by atoms with Crippen molar-refractivity contribution in [2.75, 3.05) is 11.4 Å². The van der Waals surface area contributed by atoms with E-state index in [9.17, 15) is 13.2 Å². The number of hydrogen-bond donors (Lipinski definition) is 1. The second kappa shape index (κ2) is 6.14. The molecule has 3 rings (SSSR count). The molecule has 1 heterocycles. The van der Waals surface area contributed by atoms with Gasteiger partial charge in [-0.2, -0.15) is 0 Å². The van der Waals surface area contributed by atoms with Gasteiger partial charge in [0, 0.05) is 18.7 Å². The highest BCUT2D eigenvalue weighted by molar-refractivity contribution is 7.89. The Morgan fingerprint density at radius 1 is 1.04 bits per heavy atom. The molecule has 0 aromatic heterocycles. The molecule has 23 heavy (non-hydrogen) atoms. The highest BCUT2D eigenvalue weighted by Gasteiger charge is 2.37. The minimum atomic E-state index is -3.71. The highest BCUT2D eigenvalue weighted by atomic mass is 32.2. The molecule has 5 nitrogen and oxygen atoms in total. The number of rotatable bonds is 4. The Morgan fingerprint density at radius 2 is 1.70 bits per heavy atom. The summed E-state index contributed by atoms with van der Waals surface area (Å²) >= 11 is 0. The fraction of sp³-hybridized carbons (Fsp3) is 0.235. The lowest BCUT2D eigenvalue weighted by Crippen LogP contribution is -2.32. The van der Waals surface area contributed by atoms with Crippen molar-refractivity contribution in [3.8, 4) is 0 Å². The summed E-state index contributed by atoms with van der Waals surface area (Å²) < 4.78 is 23.1. The first-order chi connectivity index (χ1) is 10.9. The van der Waals surface area contributed by atoms with Gasteiger partial charge in [-0.05, 0) is 23.6 Å².